The average molecular weight is 466 g/mol. The van der Waals surface area contributed by atoms with Crippen LogP contribution in [0.5, 0.6) is 11.5 Å². The number of nitrogens with one attached hydrogen (secondary N) is 1. The molecule has 0 amide bonds. The van der Waals surface area contributed by atoms with Crippen LogP contribution in [0.15, 0.2) is 35.3 Å². The standard InChI is InChI=1S/C26H28FN3O4/c1-15-5-7-17(8-6-15)33-12-11-29-22-20(27)21(28)19-23-25(22)34-14-26(9-3-4-10-26)30(23)13-18(16(2)31)24(19)32/h5-8,13,29H,3-4,9-12,14,28H2,1-2H3. The number of rotatable bonds is 6. The Labute approximate surface area is 196 Å². The Morgan fingerprint density at radius 2 is 1.97 bits per heavy atom. The number of nitrogen functional groups attached to an aromatic ring is 1. The van der Waals surface area contributed by atoms with E-state index in [0.29, 0.717) is 25.3 Å². The Balaban J connectivity index is 1.57. The van der Waals surface area contributed by atoms with E-state index in [0.717, 1.165) is 37.0 Å². The van der Waals surface area contributed by atoms with Crippen LogP contribution >= 0.6 is 0 Å². The molecule has 2 heterocycles. The fraction of sp³-hybridized carbons (Fsp3) is 0.385. The molecule has 0 saturated heterocycles. The van der Waals surface area contributed by atoms with Gasteiger partial charge in [-0.05, 0) is 38.8 Å². The molecular formula is C26H28FN3O4. The van der Waals surface area contributed by atoms with Gasteiger partial charge in [0.25, 0.3) is 0 Å². The Bertz CT molecular complexity index is 1340. The third-order valence-corrected chi connectivity index (χ3v) is 6.98. The quantitative estimate of drug-likeness (QED) is 0.319. The lowest BCUT2D eigenvalue weighted by Gasteiger charge is -2.39. The molecule has 3 N–H and O–H groups in total. The number of halogens is 1. The monoisotopic (exact) mass is 465 g/mol. The molecule has 1 saturated carbocycles. The van der Waals surface area contributed by atoms with E-state index in [1.807, 2.05) is 35.8 Å². The number of ether oxygens (including phenoxy) is 2. The minimum Gasteiger partial charge on any atom is -0.492 e. The third kappa shape index (κ3) is 3.48. The van der Waals surface area contributed by atoms with Crippen molar-refractivity contribution >= 4 is 28.1 Å². The van der Waals surface area contributed by atoms with Gasteiger partial charge in [0.15, 0.2) is 17.3 Å². The second kappa shape index (κ2) is 8.34. The molecule has 1 aromatic heterocycles. The molecule has 1 fully saturated rings. The number of hydrogen-bond donors (Lipinski definition) is 2. The number of nitrogens with zero attached hydrogens (tertiary/aromatic N) is 1. The Kier molecular flexibility index (Phi) is 5.46. The van der Waals surface area contributed by atoms with E-state index >= 15 is 4.39 Å². The molecule has 0 radical (unpaired) electrons. The normalized spacial score (nSPS) is 16.0. The molecule has 178 valence electrons. The topological polar surface area (TPSA) is 95.6 Å². The SMILES string of the molecule is CC(=O)c1cn2c3c(c(NCCOc4ccc(C)cc4)c(F)c(N)c3c1=O)OCC21CCCC1. The highest BCUT2D eigenvalue weighted by Crippen LogP contribution is 2.48. The van der Waals surface area contributed by atoms with Crippen molar-refractivity contribution in [2.24, 2.45) is 0 Å². The first-order valence-corrected chi connectivity index (χ1v) is 11.6. The second-order valence-electron chi connectivity index (χ2n) is 9.26. The van der Waals surface area contributed by atoms with Gasteiger partial charge in [-0.3, -0.25) is 9.59 Å². The fourth-order valence-electron chi connectivity index (χ4n) is 5.15. The number of pyridine rings is 1. The Morgan fingerprint density at radius 1 is 1.26 bits per heavy atom. The summed E-state index contributed by atoms with van der Waals surface area (Å²) in [7, 11) is 0. The number of hydrogen-bond acceptors (Lipinski definition) is 6. The summed E-state index contributed by atoms with van der Waals surface area (Å²) >= 11 is 0. The molecule has 8 heteroatoms. The van der Waals surface area contributed by atoms with Crippen molar-refractivity contribution in [1.82, 2.24) is 4.57 Å². The van der Waals surface area contributed by atoms with Crippen LogP contribution in [-0.2, 0) is 5.54 Å². The molecule has 0 unspecified atom stereocenters. The molecule has 5 rings (SSSR count). The number of aryl methyl sites for hydroxylation is 1. The first-order valence-electron chi connectivity index (χ1n) is 11.6. The molecule has 1 spiro atoms. The maximum absolute atomic E-state index is 15.5. The molecular weight excluding hydrogens is 437 g/mol. The van der Waals surface area contributed by atoms with Crippen LogP contribution in [0.1, 0.15) is 48.5 Å². The van der Waals surface area contributed by atoms with E-state index in [2.05, 4.69) is 5.32 Å². The number of benzene rings is 2. The van der Waals surface area contributed by atoms with Crippen molar-refractivity contribution in [2.75, 3.05) is 30.8 Å². The predicted octanol–water partition coefficient (Wildman–Crippen LogP) is 4.39. The minimum atomic E-state index is -0.760. The highest BCUT2D eigenvalue weighted by atomic mass is 19.1. The summed E-state index contributed by atoms with van der Waals surface area (Å²) in [5.74, 6) is -0.157. The molecule has 34 heavy (non-hydrogen) atoms. The predicted molar refractivity (Wildman–Crippen MR) is 130 cm³/mol. The minimum absolute atomic E-state index is 0.00707. The van der Waals surface area contributed by atoms with E-state index in [1.165, 1.54) is 6.92 Å². The zero-order valence-corrected chi connectivity index (χ0v) is 19.4. The van der Waals surface area contributed by atoms with E-state index < -0.39 is 11.2 Å². The van der Waals surface area contributed by atoms with Crippen LogP contribution in [0, 0.1) is 12.7 Å². The smallest absolute Gasteiger partial charge is 0.202 e. The summed E-state index contributed by atoms with van der Waals surface area (Å²) in [6, 6.07) is 7.67. The van der Waals surface area contributed by atoms with Gasteiger partial charge in [0.1, 0.15) is 24.7 Å². The lowest BCUT2D eigenvalue weighted by atomic mass is 9.93. The fourth-order valence-corrected chi connectivity index (χ4v) is 5.15. The largest absolute Gasteiger partial charge is 0.492 e. The van der Waals surface area contributed by atoms with Gasteiger partial charge < -0.3 is 25.1 Å². The number of Topliss-reactive ketones (excluding diaryl/α,β-unsaturated/α-hetero) is 1. The Hall–Kier alpha value is -3.55. The number of aromatic nitrogens is 1. The lowest BCUT2D eigenvalue weighted by Crippen LogP contribution is -2.42. The van der Waals surface area contributed by atoms with Crippen molar-refractivity contribution < 1.29 is 18.7 Å². The number of carbonyl (C=O) groups excluding carboxylic acids is 1. The van der Waals surface area contributed by atoms with E-state index in [1.54, 1.807) is 6.20 Å². The van der Waals surface area contributed by atoms with Gasteiger partial charge in [-0.1, -0.05) is 30.5 Å². The van der Waals surface area contributed by atoms with Crippen LogP contribution in [0.2, 0.25) is 0 Å². The Morgan fingerprint density at radius 3 is 2.65 bits per heavy atom. The third-order valence-electron chi connectivity index (χ3n) is 6.98. The van der Waals surface area contributed by atoms with Crippen LogP contribution < -0.4 is 26.0 Å². The van der Waals surface area contributed by atoms with Gasteiger partial charge in [-0.2, -0.15) is 0 Å². The number of fused-ring (bicyclic) bond motifs is 1. The molecule has 1 aliphatic heterocycles. The van der Waals surface area contributed by atoms with Crippen LogP contribution in [0.25, 0.3) is 10.9 Å². The molecule has 0 atom stereocenters. The molecule has 1 aliphatic carbocycles. The number of nitrogens with two attached hydrogens (primary N) is 1. The number of anilines is 2. The molecule has 3 aromatic rings. The first-order chi connectivity index (χ1) is 16.3. The lowest BCUT2D eigenvalue weighted by molar-refractivity contribution is 0.101. The van der Waals surface area contributed by atoms with Gasteiger partial charge in [0.2, 0.25) is 5.43 Å². The van der Waals surface area contributed by atoms with Crippen molar-refractivity contribution in [3.05, 3.63) is 57.6 Å². The summed E-state index contributed by atoms with van der Waals surface area (Å²) in [5.41, 5.74) is 6.66. The zero-order chi connectivity index (χ0) is 24.0. The number of carbonyl (C=O) groups is 1. The highest BCUT2D eigenvalue weighted by molar-refractivity contribution is 6.04. The summed E-state index contributed by atoms with van der Waals surface area (Å²) in [6.45, 7) is 4.27. The van der Waals surface area contributed by atoms with E-state index in [9.17, 15) is 9.59 Å². The molecule has 0 bridgehead atoms. The molecule has 2 aromatic carbocycles. The average Bonchev–Trinajstić information content (AvgIpc) is 3.28. The van der Waals surface area contributed by atoms with E-state index in [-0.39, 0.29) is 39.4 Å². The molecule has 2 aliphatic rings. The number of ketones is 1. The zero-order valence-electron chi connectivity index (χ0n) is 19.4. The summed E-state index contributed by atoms with van der Waals surface area (Å²) in [4.78, 5) is 25.4. The first kappa shape index (κ1) is 22.3. The van der Waals surface area contributed by atoms with Gasteiger partial charge in [0, 0.05) is 12.7 Å². The van der Waals surface area contributed by atoms with Crippen LogP contribution in [-0.4, -0.2) is 30.1 Å². The highest BCUT2D eigenvalue weighted by Gasteiger charge is 2.42. The summed E-state index contributed by atoms with van der Waals surface area (Å²) < 4.78 is 29.3. The second-order valence-corrected chi connectivity index (χ2v) is 9.26. The van der Waals surface area contributed by atoms with Crippen molar-refractivity contribution in [2.45, 2.75) is 45.1 Å². The maximum atomic E-state index is 15.5. The van der Waals surface area contributed by atoms with Crippen LogP contribution in [0.3, 0.4) is 0 Å². The van der Waals surface area contributed by atoms with Crippen molar-refractivity contribution in [3.8, 4) is 11.5 Å². The van der Waals surface area contributed by atoms with Gasteiger partial charge in [0.05, 0.1) is 27.7 Å². The maximum Gasteiger partial charge on any atom is 0.202 e. The van der Waals surface area contributed by atoms with Gasteiger partial charge >= 0.3 is 0 Å². The summed E-state index contributed by atoms with van der Waals surface area (Å²) in [6.07, 6.45) is 5.35. The molecule has 7 nitrogen and oxygen atoms in total. The van der Waals surface area contributed by atoms with Crippen LogP contribution in [0.4, 0.5) is 15.8 Å². The van der Waals surface area contributed by atoms with Gasteiger partial charge in [-0.25, -0.2) is 4.39 Å². The summed E-state index contributed by atoms with van der Waals surface area (Å²) in [5, 5.41) is 3.06. The van der Waals surface area contributed by atoms with Crippen molar-refractivity contribution in [3.63, 3.8) is 0 Å². The van der Waals surface area contributed by atoms with Gasteiger partial charge in [-0.15, -0.1) is 0 Å². The van der Waals surface area contributed by atoms with Crippen molar-refractivity contribution in [1.29, 1.82) is 0 Å². The van der Waals surface area contributed by atoms with E-state index in [4.69, 9.17) is 15.2 Å².